The number of methoxy groups -OCH3 is 1. The van der Waals surface area contributed by atoms with Crippen LogP contribution in [-0.2, 0) is 24.0 Å². The highest BCUT2D eigenvalue weighted by Gasteiger charge is 2.24. The maximum atomic E-state index is 12.6. The first-order valence-electron chi connectivity index (χ1n) is 11.5. The molecular weight excluding hydrogens is 468 g/mol. The molecule has 11 heteroatoms. The Balaban J connectivity index is 1.87. The fourth-order valence-electron chi connectivity index (χ4n) is 3.35. The molecule has 11 nitrogen and oxygen atoms in total. The van der Waals surface area contributed by atoms with Gasteiger partial charge in [-0.05, 0) is 38.6 Å². The van der Waals surface area contributed by atoms with E-state index in [9.17, 15) is 24.0 Å². The van der Waals surface area contributed by atoms with E-state index in [0.717, 1.165) is 10.8 Å². The van der Waals surface area contributed by atoms with E-state index in [1.807, 2.05) is 24.3 Å². The Labute approximate surface area is 209 Å². The van der Waals surface area contributed by atoms with Crippen LogP contribution in [0.4, 0.5) is 5.69 Å². The van der Waals surface area contributed by atoms with Crippen molar-refractivity contribution in [3.63, 3.8) is 0 Å². The second-order valence-electron chi connectivity index (χ2n) is 8.39. The van der Waals surface area contributed by atoms with Gasteiger partial charge in [0.05, 0.1) is 7.11 Å². The van der Waals surface area contributed by atoms with Crippen molar-refractivity contribution in [3.8, 4) is 5.75 Å². The average molecular weight is 501 g/mol. The van der Waals surface area contributed by atoms with Gasteiger partial charge in [-0.1, -0.05) is 24.3 Å². The molecule has 0 spiro atoms. The summed E-state index contributed by atoms with van der Waals surface area (Å²) in [6.45, 7) is 4.41. The van der Waals surface area contributed by atoms with E-state index >= 15 is 0 Å². The number of hydrogen-bond acceptors (Lipinski definition) is 6. The molecule has 0 aliphatic heterocycles. The van der Waals surface area contributed by atoms with Crippen LogP contribution in [0.2, 0.25) is 0 Å². The quantitative estimate of drug-likeness (QED) is 0.295. The molecule has 0 heterocycles. The zero-order valence-corrected chi connectivity index (χ0v) is 20.7. The molecule has 0 fully saturated rings. The molecular formula is C25H32N4O7. The minimum Gasteiger partial charge on any atom is -0.496 e. The topological polar surface area (TPSA) is 163 Å². The van der Waals surface area contributed by atoms with E-state index in [-0.39, 0.29) is 19.3 Å². The number of nitrogens with one attached hydrogen (secondary N) is 4. The summed E-state index contributed by atoms with van der Waals surface area (Å²) in [7, 11) is 1.54. The standard InChI is InChI=1S/C25H32N4O7/c1-14(26-21(30)10-7-11-22(31)32)23(33)27-15(2)24(34)28-16(3)25(35)29-18-12-17-8-5-6-9-19(17)20(13-18)36-4/h5-6,8-9,12-16H,7,10-11H2,1-4H3,(H,26,30)(H,27,33)(H,28,34)(H,29,35)(H,31,32)/t14-,15-,16+/m1/s1. The van der Waals surface area contributed by atoms with Crippen molar-refractivity contribution < 1.29 is 33.8 Å². The number of carboxylic acids is 1. The van der Waals surface area contributed by atoms with Crippen molar-refractivity contribution in [2.24, 2.45) is 0 Å². The van der Waals surface area contributed by atoms with E-state index < -0.39 is 47.7 Å². The Morgan fingerprint density at radius 2 is 1.42 bits per heavy atom. The number of carbonyl (C=O) groups is 5. The minimum absolute atomic E-state index is 0.0321. The fourth-order valence-corrected chi connectivity index (χ4v) is 3.35. The monoisotopic (exact) mass is 500 g/mol. The maximum Gasteiger partial charge on any atom is 0.303 e. The van der Waals surface area contributed by atoms with Crippen LogP contribution in [0.25, 0.3) is 10.8 Å². The number of amides is 4. The highest BCUT2D eigenvalue weighted by molar-refractivity contribution is 6.01. The molecule has 194 valence electrons. The Kier molecular flexibility index (Phi) is 10.2. The third-order valence-electron chi connectivity index (χ3n) is 5.38. The summed E-state index contributed by atoms with van der Waals surface area (Å²) < 4.78 is 5.40. The lowest BCUT2D eigenvalue weighted by atomic mass is 10.1. The second-order valence-corrected chi connectivity index (χ2v) is 8.39. The van der Waals surface area contributed by atoms with Crippen LogP contribution in [0.1, 0.15) is 40.0 Å². The van der Waals surface area contributed by atoms with E-state index in [0.29, 0.717) is 11.4 Å². The second kappa shape index (κ2) is 13.1. The number of carbonyl (C=O) groups excluding carboxylic acids is 4. The number of ether oxygens (including phenoxy) is 1. The first-order chi connectivity index (χ1) is 17.0. The smallest absolute Gasteiger partial charge is 0.303 e. The zero-order valence-electron chi connectivity index (χ0n) is 20.7. The average Bonchev–Trinajstić information content (AvgIpc) is 2.82. The molecule has 0 unspecified atom stereocenters. The predicted molar refractivity (Wildman–Crippen MR) is 133 cm³/mol. The van der Waals surface area contributed by atoms with Crippen LogP contribution in [0.15, 0.2) is 36.4 Å². The summed E-state index contributed by atoms with van der Waals surface area (Å²) in [6, 6.07) is 8.24. The Hall–Kier alpha value is -4.15. The van der Waals surface area contributed by atoms with Crippen LogP contribution in [0, 0.1) is 0 Å². The number of rotatable bonds is 12. The highest BCUT2D eigenvalue weighted by Crippen LogP contribution is 2.29. The van der Waals surface area contributed by atoms with Crippen molar-refractivity contribution in [1.29, 1.82) is 0 Å². The van der Waals surface area contributed by atoms with Gasteiger partial charge in [-0.3, -0.25) is 24.0 Å². The molecule has 0 aliphatic carbocycles. The van der Waals surface area contributed by atoms with Crippen LogP contribution >= 0.6 is 0 Å². The van der Waals surface area contributed by atoms with Crippen LogP contribution in [-0.4, -0.2) is 59.9 Å². The van der Waals surface area contributed by atoms with Gasteiger partial charge in [0.2, 0.25) is 23.6 Å². The highest BCUT2D eigenvalue weighted by atomic mass is 16.5. The lowest BCUT2D eigenvalue weighted by Crippen LogP contribution is -2.54. The molecule has 2 aromatic rings. The summed E-state index contributed by atoms with van der Waals surface area (Å²) >= 11 is 0. The van der Waals surface area contributed by atoms with Crippen molar-refractivity contribution >= 4 is 46.1 Å². The van der Waals surface area contributed by atoms with Gasteiger partial charge in [0.25, 0.3) is 0 Å². The lowest BCUT2D eigenvalue weighted by Gasteiger charge is -2.20. The molecule has 4 amide bonds. The number of anilines is 1. The van der Waals surface area contributed by atoms with Gasteiger partial charge in [0.15, 0.2) is 0 Å². The van der Waals surface area contributed by atoms with Crippen molar-refractivity contribution in [2.75, 3.05) is 12.4 Å². The fraction of sp³-hybridized carbons (Fsp3) is 0.400. The maximum absolute atomic E-state index is 12.6. The van der Waals surface area contributed by atoms with Gasteiger partial charge in [0, 0.05) is 30.0 Å². The summed E-state index contributed by atoms with van der Waals surface area (Å²) in [5.74, 6) is -2.51. The van der Waals surface area contributed by atoms with Gasteiger partial charge in [-0.15, -0.1) is 0 Å². The van der Waals surface area contributed by atoms with Crippen LogP contribution in [0.3, 0.4) is 0 Å². The Morgan fingerprint density at radius 3 is 2.03 bits per heavy atom. The number of carboxylic acid groups (broad SMARTS) is 1. The van der Waals surface area contributed by atoms with Crippen molar-refractivity contribution in [2.45, 2.75) is 58.2 Å². The molecule has 0 aromatic heterocycles. The van der Waals surface area contributed by atoms with Gasteiger partial charge < -0.3 is 31.1 Å². The van der Waals surface area contributed by atoms with Crippen LogP contribution < -0.4 is 26.0 Å². The lowest BCUT2D eigenvalue weighted by molar-refractivity contribution is -0.137. The third kappa shape index (κ3) is 8.26. The molecule has 0 saturated heterocycles. The first-order valence-corrected chi connectivity index (χ1v) is 11.5. The normalized spacial score (nSPS) is 13.1. The SMILES string of the molecule is COc1cc(NC(=O)[C@H](C)NC(=O)[C@@H](C)NC(=O)[C@@H](C)NC(=O)CCCC(=O)O)cc2ccccc12. The Bertz CT molecular complexity index is 1130. The number of aliphatic carboxylic acids is 1. The molecule has 3 atom stereocenters. The van der Waals surface area contributed by atoms with E-state index in [2.05, 4.69) is 21.3 Å². The zero-order chi connectivity index (χ0) is 26.8. The molecule has 0 aliphatic rings. The summed E-state index contributed by atoms with van der Waals surface area (Å²) in [5.41, 5.74) is 0.505. The van der Waals surface area contributed by atoms with Gasteiger partial charge in [-0.25, -0.2) is 0 Å². The Morgan fingerprint density at radius 1 is 0.833 bits per heavy atom. The molecule has 0 radical (unpaired) electrons. The summed E-state index contributed by atoms with van der Waals surface area (Å²) in [4.78, 5) is 59.8. The van der Waals surface area contributed by atoms with E-state index in [1.54, 1.807) is 12.1 Å². The van der Waals surface area contributed by atoms with E-state index in [1.165, 1.54) is 27.9 Å². The molecule has 0 bridgehead atoms. The molecule has 36 heavy (non-hydrogen) atoms. The molecule has 2 rings (SSSR count). The molecule has 0 saturated carbocycles. The van der Waals surface area contributed by atoms with Gasteiger partial charge >= 0.3 is 5.97 Å². The summed E-state index contributed by atoms with van der Waals surface area (Å²) in [5, 5.41) is 20.6. The number of fused-ring (bicyclic) bond motifs is 1. The largest absolute Gasteiger partial charge is 0.496 e. The molecule has 2 aromatic carbocycles. The van der Waals surface area contributed by atoms with E-state index in [4.69, 9.17) is 9.84 Å². The number of benzene rings is 2. The van der Waals surface area contributed by atoms with Gasteiger partial charge in [0.1, 0.15) is 23.9 Å². The van der Waals surface area contributed by atoms with Crippen LogP contribution in [0.5, 0.6) is 5.75 Å². The van der Waals surface area contributed by atoms with Gasteiger partial charge in [-0.2, -0.15) is 0 Å². The van der Waals surface area contributed by atoms with Crippen molar-refractivity contribution in [3.05, 3.63) is 36.4 Å². The minimum atomic E-state index is -1.01. The first kappa shape index (κ1) is 28.1. The third-order valence-corrected chi connectivity index (χ3v) is 5.38. The summed E-state index contributed by atoms with van der Waals surface area (Å²) in [6.07, 6.45) is -0.0265. The molecule has 5 N–H and O–H groups in total. The predicted octanol–water partition coefficient (Wildman–Crippen LogP) is 1.56. The number of hydrogen-bond donors (Lipinski definition) is 5. The van der Waals surface area contributed by atoms with Crippen molar-refractivity contribution in [1.82, 2.24) is 16.0 Å².